The molecule has 2 rings (SSSR count). The highest BCUT2D eigenvalue weighted by atomic mass is 15.5. The van der Waals surface area contributed by atoms with E-state index >= 15 is 0 Å². The van der Waals surface area contributed by atoms with Crippen LogP contribution in [0.5, 0.6) is 0 Å². The second-order valence-corrected chi connectivity index (χ2v) is 5.11. The Kier molecular flexibility index (Phi) is 4.63. The summed E-state index contributed by atoms with van der Waals surface area (Å²) >= 11 is 0. The van der Waals surface area contributed by atoms with Crippen molar-refractivity contribution in [2.24, 2.45) is 11.8 Å². The molecule has 5 heteroatoms. The van der Waals surface area contributed by atoms with Gasteiger partial charge in [-0.15, -0.1) is 5.10 Å². The molecule has 0 aliphatic carbocycles. The summed E-state index contributed by atoms with van der Waals surface area (Å²) in [5.74, 6) is 2.03. The molecule has 1 N–H and O–H groups in total. The van der Waals surface area contributed by atoms with Crippen molar-refractivity contribution in [3.63, 3.8) is 0 Å². The fourth-order valence-corrected chi connectivity index (χ4v) is 2.14. The maximum absolute atomic E-state index is 4.17. The zero-order chi connectivity index (χ0) is 13.7. The molecule has 1 aromatic carbocycles. The zero-order valence-corrected chi connectivity index (χ0v) is 11.7. The maximum atomic E-state index is 4.17. The van der Waals surface area contributed by atoms with Crippen LogP contribution in [0.25, 0.3) is 5.69 Å². The van der Waals surface area contributed by atoms with E-state index in [1.54, 1.807) is 0 Å². The highest BCUT2D eigenvalue weighted by Gasteiger charge is 2.18. The number of para-hydroxylation sites is 1. The molecule has 2 aromatic rings. The number of rotatable bonds is 6. The van der Waals surface area contributed by atoms with Gasteiger partial charge in [0, 0.05) is 6.42 Å². The number of hydrogen-bond donors (Lipinski definition) is 1. The van der Waals surface area contributed by atoms with Gasteiger partial charge in [0.1, 0.15) is 0 Å². The molecular weight excluding hydrogens is 238 g/mol. The average molecular weight is 259 g/mol. The molecule has 0 saturated heterocycles. The van der Waals surface area contributed by atoms with Gasteiger partial charge in [-0.05, 0) is 48.0 Å². The topological polar surface area (TPSA) is 55.6 Å². The van der Waals surface area contributed by atoms with E-state index in [2.05, 4.69) is 34.7 Å². The van der Waals surface area contributed by atoms with E-state index in [9.17, 15) is 0 Å². The monoisotopic (exact) mass is 259 g/mol. The Hall–Kier alpha value is -1.75. The Balaban J connectivity index is 2.20. The summed E-state index contributed by atoms with van der Waals surface area (Å²) in [6, 6.07) is 10.0. The van der Waals surface area contributed by atoms with E-state index in [4.69, 9.17) is 0 Å². The molecule has 0 aliphatic rings. The van der Waals surface area contributed by atoms with E-state index in [1.807, 2.05) is 42.1 Å². The molecule has 5 nitrogen and oxygen atoms in total. The quantitative estimate of drug-likeness (QED) is 0.858. The highest BCUT2D eigenvalue weighted by Crippen LogP contribution is 2.16. The van der Waals surface area contributed by atoms with Crippen molar-refractivity contribution in [2.75, 3.05) is 13.6 Å². The van der Waals surface area contributed by atoms with E-state index in [-0.39, 0.29) is 0 Å². The lowest BCUT2D eigenvalue weighted by Crippen LogP contribution is -2.26. The second kappa shape index (κ2) is 6.43. The fourth-order valence-electron chi connectivity index (χ4n) is 2.14. The van der Waals surface area contributed by atoms with Gasteiger partial charge in [-0.1, -0.05) is 32.0 Å². The highest BCUT2D eigenvalue weighted by molar-refractivity contribution is 5.30. The average Bonchev–Trinajstić information content (AvgIpc) is 2.87. The van der Waals surface area contributed by atoms with Crippen LogP contribution in [0.3, 0.4) is 0 Å². The van der Waals surface area contributed by atoms with Crippen LogP contribution in [0.4, 0.5) is 0 Å². The van der Waals surface area contributed by atoms with Gasteiger partial charge in [0.2, 0.25) is 0 Å². The number of aromatic nitrogens is 4. The van der Waals surface area contributed by atoms with Crippen LogP contribution in [0.15, 0.2) is 30.3 Å². The first-order valence-electron chi connectivity index (χ1n) is 6.69. The lowest BCUT2D eigenvalue weighted by atomic mass is 9.92. The van der Waals surface area contributed by atoms with E-state index in [1.165, 1.54) is 0 Å². The summed E-state index contributed by atoms with van der Waals surface area (Å²) in [4.78, 5) is 0. The maximum Gasteiger partial charge on any atom is 0.157 e. The zero-order valence-electron chi connectivity index (χ0n) is 11.7. The Bertz CT molecular complexity index is 492. The first-order valence-corrected chi connectivity index (χ1v) is 6.69. The fraction of sp³-hybridized carbons (Fsp3) is 0.500. The van der Waals surface area contributed by atoms with Gasteiger partial charge >= 0.3 is 0 Å². The Morgan fingerprint density at radius 2 is 1.95 bits per heavy atom. The van der Waals surface area contributed by atoms with Gasteiger partial charge in [0.25, 0.3) is 0 Å². The third-order valence-corrected chi connectivity index (χ3v) is 3.39. The molecule has 1 heterocycles. The van der Waals surface area contributed by atoms with Gasteiger partial charge in [-0.2, -0.15) is 4.68 Å². The first kappa shape index (κ1) is 13.7. The van der Waals surface area contributed by atoms with Gasteiger partial charge in [-0.3, -0.25) is 0 Å². The van der Waals surface area contributed by atoms with Crippen molar-refractivity contribution in [2.45, 2.75) is 20.3 Å². The molecule has 0 aliphatic heterocycles. The van der Waals surface area contributed by atoms with Crippen molar-refractivity contribution in [3.8, 4) is 5.69 Å². The number of hydrogen-bond acceptors (Lipinski definition) is 4. The molecule has 0 radical (unpaired) electrons. The van der Waals surface area contributed by atoms with Crippen LogP contribution in [0.2, 0.25) is 0 Å². The third-order valence-electron chi connectivity index (χ3n) is 3.39. The second-order valence-electron chi connectivity index (χ2n) is 5.11. The lowest BCUT2D eigenvalue weighted by Gasteiger charge is -2.19. The van der Waals surface area contributed by atoms with Crippen LogP contribution < -0.4 is 5.32 Å². The van der Waals surface area contributed by atoms with Gasteiger partial charge < -0.3 is 5.32 Å². The van der Waals surface area contributed by atoms with Gasteiger partial charge in [0.05, 0.1) is 5.69 Å². The van der Waals surface area contributed by atoms with Crippen molar-refractivity contribution >= 4 is 0 Å². The largest absolute Gasteiger partial charge is 0.319 e. The molecule has 0 fully saturated rings. The Labute approximate surface area is 114 Å². The Morgan fingerprint density at radius 3 is 2.58 bits per heavy atom. The van der Waals surface area contributed by atoms with Crippen LogP contribution in [-0.2, 0) is 6.42 Å². The van der Waals surface area contributed by atoms with Gasteiger partial charge in [-0.25, -0.2) is 0 Å². The summed E-state index contributed by atoms with van der Waals surface area (Å²) < 4.78 is 1.82. The summed E-state index contributed by atoms with van der Waals surface area (Å²) in [5, 5.41) is 15.3. The van der Waals surface area contributed by atoms with E-state index in [0.29, 0.717) is 11.8 Å². The molecule has 0 amide bonds. The predicted octanol–water partition coefficient (Wildman–Crippen LogP) is 1.70. The smallest absolute Gasteiger partial charge is 0.157 e. The number of tetrazole rings is 1. The third kappa shape index (κ3) is 3.38. The van der Waals surface area contributed by atoms with Gasteiger partial charge in [0.15, 0.2) is 5.82 Å². The minimum atomic E-state index is 0.526. The molecule has 19 heavy (non-hydrogen) atoms. The van der Waals surface area contributed by atoms with E-state index in [0.717, 1.165) is 24.5 Å². The SMILES string of the molecule is CNCC(Cc1nnnn1-c1ccccc1)C(C)C. The molecule has 1 unspecified atom stereocenters. The van der Waals surface area contributed by atoms with Crippen LogP contribution in [-0.4, -0.2) is 33.8 Å². The minimum absolute atomic E-state index is 0.526. The molecule has 1 atom stereocenters. The summed E-state index contributed by atoms with van der Waals surface area (Å²) in [5.41, 5.74) is 1.01. The van der Waals surface area contributed by atoms with Crippen LogP contribution >= 0.6 is 0 Å². The standard InChI is InChI=1S/C14H21N5/c1-11(2)12(10-15-3)9-14-16-17-18-19(14)13-7-5-4-6-8-13/h4-8,11-12,15H,9-10H2,1-3H3. The van der Waals surface area contributed by atoms with Crippen molar-refractivity contribution in [3.05, 3.63) is 36.2 Å². The molecule has 0 saturated carbocycles. The van der Waals surface area contributed by atoms with Crippen molar-refractivity contribution in [1.82, 2.24) is 25.5 Å². The molecule has 0 spiro atoms. The predicted molar refractivity (Wildman–Crippen MR) is 75.1 cm³/mol. The van der Waals surface area contributed by atoms with Crippen molar-refractivity contribution in [1.29, 1.82) is 0 Å². The van der Waals surface area contributed by atoms with Crippen molar-refractivity contribution < 1.29 is 0 Å². The molecular formula is C14H21N5. The Morgan fingerprint density at radius 1 is 1.21 bits per heavy atom. The first-order chi connectivity index (χ1) is 9.22. The molecule has 1 aromatic heterocycles. The molecule has 102 valence electrons. The van der Waals surface area contributed by atoms with E-state index < -0.39 is 0 Å². The summed E-state index contributed by atoms with van der Waals surface area (Å²) in [7, 11) is 1.98. The van der Waals surface area contributed by atoms with Crippen LogP contribution in [0.1, 0.15) is 19.7 Å². The number of nitrogens with one attached hydrogen (secondary N) is 1. The summed E-state index contributed by atoms with van der Waals surface area (Å²) in [6.45, 7) is 5.44. The minimum Gasteiger partial charge on any atom is -0.319 e. The normalized spacial score (nSPS) is 12.8. The van der Waals surface area contributed by atoms with Crippen LogP contribution in [0, 0.1) is 11.8 Å². The molecule has 0 bridgehead atoms. The lowest BCUT2D eigenvalue weighted by molar-refractivity contribution is 0.362. The number of benzene rings is 1. The summed E-state index contributed by atoms with van der Waals surface area (Å²) in [6.07, 6.45) is 0.875. The number of nitrogens with zero attached hydrogens (tertiary/aromatic N) is 4.